The summed E-state index contributed by atoms with van der Waals surface area (Å²) in [5.41, 5.74) is 2.03. The zero-order valence-corrected chi connectivity index (χ0v) is 8.75. The standard InChI is InChI=1S/C12H16O2/c1-10(13)12-7-5-11(6-8-12)4-3-9-14-2/h5-8H,3-4,9H2,1-2H3. The van der Waals surface area contributed by atoms with Crippen molar-refractivity contribution < 1.29 is 9.53 Å². The number of hydrogen-bond donors (Lipinski definition) is 0. The molecule has 0 aliphatic heterocycles. The highest BCUT2D eigenvalue weighted by Gasteiger charge is 1.98. The minimum absolute atomic E-state index is 0.119. The molecule has 0 unspecified atom stereocenters. The number of benzene rings is 1. The molecule has 2 heteroatoms. The number of ketones is 1. The Balaban J connectivity index is 2.51. The Morgan fingerprint density at radius 3 is 2.43 bits per heavy atom. The third-order valence-electron chi connectivity index (χ3n) is 2.17. The molecule has 76 valence electrons. The molecular weight excluding hydrogens is 176 g/mol. The van der Waals surface area contributed by atoms with E-state index < -0.39 is 0 Å². The SMILES string of the molecule is COCCCc1ccc(C(C)=O)cc1. The molecule has 0 aliphatic rings. The van der Waals surface area contributed by atoms with Crippen LogP contribution in [0.2, 0.25) is 0 Å². The molecular formula is C12H16O2. The van der Waals surface area contributed by atoms with Crippen LogP contribution in [0.4, 0.5) is 0 Å². The molecule has 0 bridgehead atoms. The first-order chi connectivity index (χ1) is 6.74. The lowest BCUT2D eigenvalue weighted by molar-refractivity contribution is 0.101. The molecule has 0 aliphatic carbocycles. The van der Waals surface area contributed by atoms with E-state index in [-0.39, 0.29) is 5.78 Å². The largest absolute Gasteiger partial charge is 0.385 e. The van der Waals surface area contributed by atoms with Gasteiger partial charge in [-0.15, -0.1) is 0 Å². The predicted molar refractivity (Wildman–Crippen MR) is 56.6 cm³/mol. The van der Waals surface area contributed by atoms with Gasteiger partial charge in [-0.05, 0) is 25.3 Å². The second-order valence-electron chi connectivity index (χ2n) is 3.35. The first-order valence-electron chi connectivity index (χ1n) is 4.83. The molecule has 0 aromatic heterocycles. The molecule has 14 heavy (non-hydrogen) atoms. The third kappa shape index (κ3) is 3.30. The maximum Gasteiger partial charge on any atom is 0.159 e. The van der Waals surface area contributed by atoms with Crippen molar-refractivity contribution in [3.63, 3.8) is 0 Å². The van der Waals surface area contributed by atoms with E-state index in [4.69, 9.17) is 4.74 Å². The highest BCUT2D eigenvalue weighted by atomic mass is 16.5. The summed E-state index contributed by atoms with van der Waals surface area (Å²) in [6.07, 6.45) is 2.03. The Morgan fingerprint density at radius 1 is 1.29 bits per heavy atom. The number of hydrogen-bond acceptors (Lipinski definition) is 2. The Hall–Kier alpha value is -1.15. The zero-order valence-electron chi connectivity index (χ0n) is 8.75. The van der Waals surface area contributed by atoms with Crippen molar-refractivity contribution in [2.45, 2.75) is 19.8 Å². The number of aryl methyl sites for hydroxylation is 1. The summed E-state index contributed by atoms with van der Waals surface area (Å²) >= 11 is 0. The van der Waals surface area contributed by atoms with Crippen molar-refractivity contribution in [3.8, 4) is 0 Å². The van der Waals surface area contributed by atoms with E-state index >= 15 is 0 Å². The third-order valence-corrected chi connectivity index (χ3v) is 2.17. The summed E-state index contributed by atoms with van der Waals surface area (Å²) in [7, 11) is 1.71. The average molecular weight is 192 g/mol. The van der Waals surface area contributed by atoms with Gasteiger partial charge in [-0.25, -0.2) is 0 Å². The highest BCUT2D eigenvalue weighted by Crippen LogP contribution is 2.07. The van der Waals surface area contributed by atoms with Crippen LogP contribution in [0.25, 0.3) is 0 Å². The zero-order chi connectivity index (χ0) is 10.4. The van der Waals surface area contributed by atoms with Gasteiger partial charge >= 0.3 is 0 Å². The van der Waals surface area contributed by atoms with Gasteiger partial charge in [0.25, 0.3) is 0 Å². The summed E-state index contributed by atoms with van der Waals surface area (Å²) in [5.74, 6) is 0.119. The van der Waals surface area contributed by atoms with Crippen LogP contribution in [0.15, 0.2) is 24.3 Å². The molecule has 0 fully saturated rings. The molecule has 0 atom stereocenters. The van der Waals surface area contributed by atoms with Gasteiger partial charge in [-0.3, -0.25) is 4.79 Å². The molecule has 0 saturated heterocycles. The Kier molecular flexibility index (Phi) is 4.33. The van der Waals surface area contributed by atoms with E-state index in [1.54, 1.807) is 14.0 Å². The van der Waals surface area contributed by atoms with E-state index in [0.717, 1.165) is 25.0 Å². The van der Waals surface area contributed by atoms with Crippen LogP contribution in [0, 0.1) is 0 Å². The number of methoxy groups -OCH3 is 1. The minimum atomic E-state index is 0.119. The maximum atomic E-state index is 11.0. The summed E-state index contributed by atoms with van der Waals surface area (Å²) in [6.45, 7) is 2.37. The van der Waals surface area contributed by atoms with Crippen LogP contribution in [-0.4, -0.2) is 19.5 Å². The molecule has 0 amide bonds. The molecule has 1 aromatic rings. The van der Waals surface area contributed by atoms with E-state index in [9.17, 15) is 4.79 Å². The fourth-order valence-electron chi connectivity index (χ4n) is 1.33. The average Bonchev–Trinajstić information content (AvgIpc) is 2.19. The van der Waals surface area contributed by atoms with Crippen molar-refractivity contribution in [2.75, 3.05) is 13.7 Å². The van der Waals surface area contributed by atoms with Gasteiger partial charge in [-0.2, -0.15) is 0 Å². The Bertz CT molecular complexity index is 288. The smallest absolute Gasteiger partial charge is 0.159 e. The van der Waals surface area contributed by atoms with Gasteiger partial charge in [0.2, 0.25) is 0 Å². The highest BCUT2D eigenvalue weighted by molar-refractivity contribution is 5.93. The van der Waals surface area contributed by atoms with E-state index in [1.165, 1.54) is 5.56 Å². The van der Waals surface area contributed by atoms with Crippen LogP contribution in [-0.2, 0) is 11.2 Å². The molecule has 1 aromatic carbocycles. The summed E-state index contributed by atoms with van der Waals surface area (Å²) < 4.78 is 4.97. The van der Waals surface area contributed by atoms with Crippen molar-refractivity contribution in [1.82, 2.24) is 0 Å². The van der Waals surface area contributed by atoms with Gasteiger partial charge in [0, 0.05) is 19.3 Å². The van der Waals surface area contributed by atoms with E-state index in [2.05, 4.69) is 0 Å². The van der Waals surface area contributed by atoms with Crippen molar-refractivity contribution in [2.24, 2.45) is 0 Å². The topological polar surface area (TPSA) is 26.3 Å². The Morgan fingerprint density at radius 2 is 1.93 bits per heavy atom. The van der Waals surface area contributed by atoms with Crippen LogP contribution < -0.4 is 0 Å². The number of carbonyl (C=O) groups is 1. The second kappa shape index (κ2) is 5.55. The van der Waals surface area contributed by atoms with Crippen LogP contribution in [0.1, 0.15) is 29.3 Å². The lowest BCUT2D eigenvalue weighted by atomic mass is 10.1. The first-order valence-corrected chi connectivity index (χ1v) is 4.83. The van der Waals surface area contributed by atoms with Crippen molar-refractivity contribution >= 4 is 5.78 Å². The second-order valence-corrected chi connectivity index (χ2v) is 3.35. The van der Waals surface area contributed by atoms with E-state index in [1.807, 2.05) is 24.3 Å². The van der Waals surface area contributed by atoms with Gasteiger partial charge in [0.05, 0.1) is 0 Å². The fraction of sp³-hybridized carbons (Fsp3) is 0.417. The normalized spacial score (nSPS) is 10.1. The van der Waals surface area contributed by atoms with E-state index in [0.29, 0.717) is 0 Å². The molecule has 0 radical (unpaired) electrons. The summed E-state index contributed by atoms with van der Waals surface area (Å²) in [5, 5.41) is 0. The summed E-state index contributed by atoms with van der Waals surface area (Å²) in [6, 6.07) is 7.77. The van der Waals surface area contributed by atoms with Crippen molar-refractivity contribution in [3.05, 3.63) is 35.4 Å². The lowest BCUT2D eigenvalue weighted by Crippen LogP contribution is -1.95. The van der Waals surface area contributed by atoms with Crippen molar-refractivity contribution in [1.29, 1.82) is 0 Å². The van der Waals surface area contributed by atoms with Crippen LogP contribution in [0.3, 0.4) is 0 Å². The minimum Gasteiger partial charge on any atom is -0.385 e. The van der Waals surface area contributed by atoms with Gasteiger partial charge in [-0.1, -0.05) is 24.3 Å². The molecule has 0 spiro atoms. The number of carbonyl (C=O) groups excluding carboxylic acids is 1. The number of Topliss-reactive ketones (excluding diaryl/α,β-unsaturated/α-hetero) is 1. The molecule has 0 heterocycles. The number of ether oxygens (including phenoxy) is 1. The van der Waals surface area contributed by atoms with Crippen LogP contribution in [0.5, 0.6) is 0 Å². The predicted octanol–water partition coefficient (Wildman–Crippen LogP) is 2.47. The maximum absolute atomic E-state index is 11.0. The molecule has 0 N–H and O–H groups in total. The molecule has 0 saturated carbocycles. The fourth-order valence-corrected chi connectivity index (χ4v) is 1.33. The Labute approximate surface area is 84.9 Å². The van der Waals surface area contributed by atoms with Crippen LogP contribution >= 0.6 is 0 Å². The molecule has 1 rings (SSSR count). The van der Waals surface area contributed by atoms with Gasteiger partial charge in [0.1, 0.15) is 0 Å². The lowest BCUT2D eigenvalue weighted by Gasteiger charge is -2.01. The van der Waals surface area contributed by atoms with Gasteiger partial charge < -0.3 is 4.74 Å². The first kappa shape index (κ1) is 10.9. The number of rotatable bonds is 5. The molecule has 2 nitrogen and oxygen atoms in total. The quantitative estimate of drug-likeness (QED) is 0.529. The monoisotopic (exact) mass is 192 g/mol. The summed E-state index contributed by atoms with van der Waals surface area (Å²) in [4.78, 5) is 11.0. The van der Waals surface area contributed by atoms with Gasteiger partial charge in [0.15, 0.2) is 5.78 Å².